The third kappa shape index (κ3) is 5.84. The summed E-state index contributed by atoms with van der Waals surface area (Å²) in [7, 11) is 0. The van der Waals surface area contributed by atoms with E-state index in [2.05, 4.69) is 22.8 Å². The Hall–Kier alpha value is -3.02. The second kappa shape index (κ2) is 11.8. The maximum atomic E-state index is 13.8. The van der Waals surface area contributed by atoms with E-state index in [4.69, 9.17) is 23.2 Å². The lowest BCUT2D eigenvalue weighted by Crippen LogP contribution is -2.46. The second-order valence-corrected chi connectivity index (χ2v) is 11.2. The van der Waals surface area contributed by atoms with Crippen molar-refractivity contribution in [3.63, 3.8) is 0 Å². The highest BCUT2D eigenvalue weighted by molar-refractivity contribution is 6.33. The fourth-order valence-corrected chi connectivity index (χ4v) is 6.08. The zero-order valence-electron chi connectivity index (χ0n) is 21.6. The number of amides is 2. The molecule has 1 heterocycles. The minimum Gasteiger partial charge on any atom is -0.382 e. The number of hydrogen-bond acceptors (Lipinski definition) is 3. The van der Waals surface area contributed by atoms with Gasteiger partial charge in [-0.1, -0.05) is 66.4 Å². The van der Waals surface area contributed by atoms with Crippen LogP contribution in [0.3, 0.4) is 0 Å². The number of piperidine rings is 1. The molecule has 7 heteroatoms. The van der Waals surface area contributed by atoms with Crippen LogP contribution in [-0.4, -0.2) is 29.3 Å². The Morgan fingerprint density at radius 3 is 2.26 bits per heavy atom. The largest absolute Gasteiger partial charge is 0.382 e. The standard InChI is InChI=1S/C31H33Cl2N3O2/c1-20-12-15-24(19-28(20)33)35-30(37)26-10-6-18-36(31(38)25-9-4-5-11-27(25)32)29(26)21-13-16-23(17-14-21)34-22-7-2-3-8-22/h4-5,9,11-17,19,22,26,29,34H,2-3,6-8,10,18H2,1H3,(H,35,37)/t26-,29-/m0/s1. The topological polar surface area (TPSA) is 61.4 Å². The Labute approximate surface area is 234 Å². The van der Waals surface area contributed by atoms with E-state index in [1.807, 2.05) is 48.2 Å². The van der Waals surface area contributed by atoms with Crippen molar-refractivity contribution < 1.29 is 9.59 Å². The first-order chi connectivity index (χ1) is 18.4. The van der Waals surface area contributed by atoms with E-state index in [1.165, 1.54) is 25.7 Å². The highest BCUT2D eigenvalue weighted by Crippen LogP contribution is 2.39. The van der Waals surface area contributed by atoms with Crippen molar-refractivity contribution in [1.82, 2.24) is 4.90 Å². The van der Waals surface area contributed by atoms with Crippen molar-refractivity contribution in [1.29, 1.82) is 0 Å². The molecule has 198 valence electrons. The lowest BCUT2D eigenvalue weighted by molar-refractivity contribution is -0.123. The fourth-order valence-electron chi connectivity index (χ4n) is 5.69. The number of nitrogens with one attached hydrogen (secondary N) is 2. The zero-order valence-corrected chi connectivity index (χ0v) is 23.1. The number of aryl methyl sites for hydroxylation is 1. The summed E-state index contributed by atoms with van der Waals surface area (Å²) in [6.45, 7) is 2.48. The molecule has 3 aromatic rings. The van der Waals surface area contributed by atoms with Crippen LogP contribution in [0, 0.1) is 12.8 Å². The van der Waals surface area contributed by atoms with E-state index in [1.54, 1.807) is 18.2 Å². The molecule has 1 aliphatic carbocycles. The summed E-state index contributed by atoms with van der Waals surface area (Å²) in [6, 6.07) is 20.9. The number of nitrogens with zero attached hydrogens (tertiary/aromatic N) is 1. The van der Waals surface area contributed by atoms with Gasteiger partial charge in [0.1, 0.15) is 0 Å². The van der Waals surface area contributed by atoms with Gasteiger partial charge in [-0.3, -0.25) is 9.59 Å². The van der Waals surface area contributed by atoms with Crippen LogP contribution < -0.4 is 10.6 Å². The summed E-state index contributed by atoms with van der Waals surface area (Å²) in [6.07, 6.45) is 6.30. The van der Waals surface area contributed by atoms with Gasteiger partial charge in [-0.15, -0.1) is 0 Å². The highest BCUT2D eigenvalue weighted by atomic mass is 35.5. The molecule has 2 aliphatic rings. The Morgan fingerprint density at radius 1 is 0.842 bits per heavy atom. The molecule has 38 heavy (non-hydrogen) atoms. The van der Waals surface area contributed by atoms with Crippen molar-refractivity contribution >= 4 is 46.4 Å². The van der Waals surface area contributed by atoms with E-state index < -0.39 is 12.0 Å². The van der Waals surface area contributed by atoms with Gasteiger partial charge in [0.15, 0.2) is 0 Å². The number of rotatable bonds is 6. The number of hydrogen-bond donors (Lipinski definition) is 2. The Bertz CT molecular complexity index is 1300. The quantitative estimate of drug-likeness (QED) is 0.328. The normalized spacial score (nSPS) is 19.8. The van der Waals surface area contributed by atoms with Gasteiger partial charge in [-0.05, 0) is 80.1 Å². The first-order valence-corrected chi connectivity index (χ1v) is 14.2. The van der Waals surface area contributed by atoms with Gasteiger partial charge < -0.3 is 15.5 Å². The summed E-state index contributed by atoms with van der Waals surface area (Å²) in [4.78, 5) is 29.3. The molecule has 2 fully saturated rings. The molecule has 1 aliphatic heterocycles. The molecule has 0 radical (unpaired) electrons. The third-order valence-electron chi connectivity index (χ3n) is 7.75. The summed E-state index contributed by atoms with van der Waals surface area (Å²) >= 11 is 12.7. The smallest absolute Gasteiger partial charge is 0.255 e. The van der Waals surface area contributed by atoms with Crippen molar-refractivity contribution in [2.75, 3.05) is 17.2 Å². The van der Waals surface area contributed by atoms with E-state index in [0.29, 0.717) is 40.3 Å². The number of likely N-dealkylation sites (tertiary alicyclic amines) is 1. The van der Waals surface area contributed by atoms with Crippen LogP contribution in [0.5, 0.6) is 0 Å². The maximum Gasteiger partial charge on any atom is 0.255 e. The molecule has 2 amide bonds. The summed E-state index contributed by atoms with van der Waals surface area (Å²) in [5, 5.41) is 7.69. The van der Waals surface area contributed by atoms with Crippen molar-refractivity contribution in [2.24, 2.45) is 5.92 Å². The number of halogens is 2. The molecule has 0 unspecified atom stereocenters. The highest BCUT2D eigenvalue weighted by Gasteiger charge is 2.40. The lowest BCUT2D eigenvalue weighted by Gasteiger charge is -2.41. The van der Waals surface area contributed by atoms with Gasteiger partial charge in [0.2, 0.25) is 5.91 Å². The van der Waals surface area contributed by atoms with Crippen LogP contribution in [0.15, 0.2) is 66.7 Å². The molecule has 3 aromatic carbocycles. The second-order valence-electron chi connectivity index (χ2n) is 10.4. The molecule has 5 nitrogen and oxygen atoms in total. The van der Waals surface area contributed by atoms with Crippen LogP contribution >= 0.6 is 23.2 Å². The maximum absolute atomic E-state index is 13.8. The summed E-state index contributed by atoms with van der Waals surface area (Å²) in [5.74, 6) is -0.715. The molecule has 1 saturated carbocycles. The molecule has 2 atom stereocenters. The minimum atomic E-state index is -0.427. The average molecular weight is 551 g/mol. The van der Waals surface area contributed by atoms with Crippen LogP contribution in [0.1, 0.15) is 66.1 Å². The van der Waals surface area contributed by atoms with Gasteiger partial charge in [0, 0.05) is 29.0 Å². The molecule has 0 aromatic heterocycles. The first kappa shape index (κ1) is 26.6. The number of anilines is 2. The number of carbonyl (C=O) groups excluding carboxylic acids is 2. The molecule has 2 N–H and O–H groups in total. The predicted octanol–water partition coefficient (Wildman–Crippen LogP) is 7.89. The molecular formula is C31H33Cl2N3O2. The van der Waals surface area contributed by atoms with Gasteiger partial charge in [0.25, 0.3) is 5.91 Å². The fraction of sp³-hybridized carbons (Fsp3) is 0.355. The summed E-state index contributed by atoms with van der Waals surface area (Å²) in [5.41, 5.74) is 4.04. The van der Waals surface area contributed by atoms with Crippen molar-refractivity contribution in [3.8, 4) is 0 Å². The van der Waals surface area contributed by atoms with E-state index in [-0.39, 0.29) is 11.8 Å². The monoisotopic (exact) mass is 549 g/mol. The van der Waals surface area contributed by atoms with Crippen LogP contribution in [0.2, 0.25) is 10.0 Å². The molecular weight excluding hydrogens is 517 g/mol. The van der Waals surface area contributed by atoms with Gasteiger partial charge in [-0.2, -0.15) is 0 Å². The SMILES string of the molecule is Cc1ccc(NC(=O)[C@H]2CCCN(C(=O)c3ccccc3Cl)[C@H]2c2ccc(NC3CCCC3)cc2)cc1Cl. The number of carbonyl (C=O) groups is 2. The van der Waals surface area contributed by atoms with Gasteiger partial charge >= 0.3 is 0 Å². The Balaban J connectivity index is 1.45. The van der Waals surface area contributed by atoms with E-state index in [0.717, 1.165) is 23.2 Å². The molecule has 0 spiro atoms. The summed E-state index contributed by atoms with van der Waals surface area (Å²) < 4.78 is 0. The third-order valence-corrected chi connectivity index (χ3v) is 8.49. The van der Waals surface area contributed by atoms with Crippen LogP contribution in [0.4, 0.5) is 11.4 Å². The molecule has 0 bridgehead atoms. The first-order valence-electron chi connectivity index (χ1n) is 13.4. The Kier molecular flexibility index (Phi) is 8.25. The zero-order chi connectivity index (χ0) is 26.6. The minimum absolute atomic E-state index is 0.125. The Morgan fingerprint density at radius 2 is 1.55 bits per heavy atom. The van der Waals surface area contributed by atoms with Gasteiger partial charge in [0.05, 0.1) is 22.5 Å². The molecule has 1 saturated heterocycles. The van der Waals surface area contributed by atoms with Crippen molar-refractivity contribution in [2.45, 2.75) is 57.5 Å². The number of benzene rings is 3. The lowest BCUT2D eigenvalue weighted by atomic mass is 9.83. The predicted molar refractivity (Wildman–Crippen MR) is 155 cm³/mol. The van der Waals surface area contributed by atoms with Crippen LogP contribution in [-0.2, 0) is 4.79 Å². The van der Waals surface area contributed by atoms with E-state index in [9.17, 15) is 9.59 Å². The van der Waals surface area contributed by atoms with E-state index >= 15 is 0 Å². The van der Waals surface area contributed by atoms with Gasteiger partial charge in [-0.25, -0.2) is 0 Å². The van der Waals surface area contributed by atoms with Crippen molar-refractivity contribution in [3.05, 3.63) is 93.5 Å². The average Bonchev–Trinajstić information content (AvgIpc) is 3.44. The molecule has 5 rings (SSSR count). The van der Waals surface area contributed by atoms with Crippen LogP contribution in [0.25, 0.3) is 0 Å².